The Hall–Kier alpha value is -2.09. The zero-order chi connectivity index (χ0) is 14.9. The van der Waals surface area contributed by atoms with Gasteiger partial charge in [-0.2, -0.15) is 13.2 Å². The number of hydrogen-bond donors (Lipinski definition) is 2. The van der Waals surface area contributed by atoms with Crippen LogP contribution in [-0.4, -0.2) is 15.0 Å². The summed E-state index contributed by atoms with van der Waals surface area (Å²) in [4.78, 5) is 20.6. The molecule has 2 aromatic rings. The molecule has 0 radical (unpaired) electrons. The number of halogens is 4. The van der Waals surface area contributed by atoms with Crippen LogP contribution >= 0.6 is 11.6 Å². The van der Waals surface area contributed by atoms with E-state index in [1.165, 1.54) is 18.3 Å². The fourth-order valence-electron chi connectivity index (χ4n) is 1.63. The van der Waals surface area contributed by atoms with Crippen molar-refractivity contribution in [2.24, 2.45) is 0 Å². The van der Waals surface area contributed by atoms with Gasteiger partial charge in [-0.05, 0) is 11.6 Å². The Morgan fingerprint density at radius 2 is 2.05 bits per heavy atom. The smallest absolute Gasteiger partial charge is 0.369 e. The summed E-state index contributed by atoms with van der Waals surface area (Å²) in [7, 11) is 0. The minimum atomic E-state index is -4.77. The number of aromatic amines is 1. The second-order valence-corrected chi connectivity index (χ2v) is 4.33. The van der Waals surface area contributed by atoms with Crippen LogP contribution in [0.3, 0.4) is 0 Å². The van der Waals surface area contributed by atoms with Gasteiger partial charge in [0.1, 0.15) is 5.15 Å². The molecule has 0 aliphatic carbocycles. The van der Waals surface area contributed by atoms with Crippen molar-refractivity contribution in [1.82, 2.24) is 15.0 Å². The number of nitrogens with zero attached hydrogens (tertiary/aromatic N) is 2. The molecular formula is C11H8ClF3N4O. The lowest BCUT2D eigenvalue weighted by Crippen LogP contribution is -2.25. The average molecular weight is 305 g/mol. The molecule has 9 heteroatoms. The predicted molar refractivity (Wildman–Crippen MR) is 66.3 cm³/mol. The highest BCUT2D eigenvalue weighted by Crippen LogP contribution is 2.30. The fourth-order valence-corrected chi connectivity index (χ4v) is 1.74. The molecule has 0 aromatic carbocycles. The molecule has 0 amide bonds. The molecule has 3 N–H and O–H groups in total. The third-order valence-corrected chi connectivity index (χ3v) is 2.70. The van der Waals surface area contributed by atoms with Gasteiger partial charge >= 0.3 is 6.18 Å². The van der Waals surface area contributed by atoms with E-state index in [1.807, 2.05) is 4.98 Å². The number of aromatic nitrogens is 3. The highest BCUT2D eigenvalue weighted by Gasteiger charge is 2.37. The van der Waals surface area contributed by atoms with Crippen molar-refractivity contribution in [3.63, 3.8) is 0 Å². The van der Waals surface area contributed by atoms with Crippen molar-refractivity contribution < 1.29 is 13.2 Å². The second kappa shape index (κ2) is 5.12. The molecule has 0 unspecified atom stereocenters. The van der Waals surface area contributed by atoms with Crippen LogP contribution in [0.4, 0.5) is 19.1 Å². The maximum Gasteiger partial charge on any atom is 0.433 e. The molecule has 2 heterocycles. The van der Waals surface area contributed by atoms with Gasteiger partial charge in [0.05, 0.1) is 5.56 Å². The Morgan fingerprint density at radius 1 is 1.35 bits per heavy atom. The molecule has 106 valence electrons. The van der Waals surface area contributed by atoms with Gasteiger partial charge in [0.15, 0.2) is 5.69 Å². The molecule has 0 bridgehead atoms. The number of H-pyrrole nitrogens is 1. The first-order valence-electron chi connectivity index (χ1n) is 5.33. The van der Waals surface area contributed by atoms with Crippen LogP contribution in [-0.2, 0) is 12.6 Å². The number of nitrogens with one attached hydrogen (secondary N) is 1. The summed E-state index contributed by atoms with van der Waals surface area (Å²) in [6.07, 6.45) is -3.75. The van der Waals surface area contributed by atoms with E-state index in [9.17, 15) is 18.0 Å². The Balaban J connectivity index is 2.50. The van der Waals surface area contributed by atoms with Gasteiger partial charge in [-0.25, -0.2) is 9.97 Å². The quantitative estimate of drug-likeness (QED) is 0.831. The van der Waals surface area contributed by atoms with Crippen molar-refractivity contribution >= 4 is 17.5 Å². The summed E-state index contributed by atoms with van der Waals surface area (Å²) in [6.45, 7) is 0. The average Bonchev–Trinajstić information content (AvgIpc) is 2.33. The molecule has 0 aliphatic heterocycles. The van der Waals surface area contributed by atoms with Crippen LogP contribution in [0, 0.1) is 0 Å². The first-order valence-corrected chi connectivity index (χ1v) is 5.71. The summed E-state index contributed by atoms with van der Waals surface area (Å²) < 4.78 is 38.6. The van der Waals surface area contributed by atoms with Crippen molar-refractivity contribution in [1.29, 1.82) is 0 Å². The first kappa shape index (κ1) is 14.3. The van der Waals surface area contributed by atoms with Gasteiger partial charge in [-0.15, -0.1) is 0 Å². The Morgan fingerprint density at radius 3 is 2.60 bits per heavy atom. The van der Waals surface area contributed by atoms with E-state index < -0.39 is 28.9 Å². The van der Waals surface area contributed by atoms with Gasteiger partial charge in [-0.3, -0.25) is 9.78 Å². The van der Waals surface area contributed by atoms with Crippen LogP contribution in [0.25, 0.3) is 0 Å². The van der Waals surface area contributed by atoms with Crippen LogP contribution < -0.4 is 11.3 Å². The van der Waals surface area contributed by atoms with Gasteiger partial charge in [0, 0.05) is 12.6 Å². The molecular weight excluding hydrogens is 297 g/mol. The summed E-state index contributed by atoms with van der Waals surface area (Å²) in [5, 5.41) is 0.203. The van der Waals surface area contributed by atoms with Crippen LogP contribution in [0.2, 0.25) is 5.15 Å². The zero-order valence-corrected chi connectivity index (χ0v) is 10.6. The topological polar surface area (TPSA) is 84.7 Å². The van der Waals surface area contributed by atoms with Crippen molar-refractivity contribution in [2.45, 2.75) is 12.6 Å². The maximum atomic E-state index is 12.9. The fraction of sp³-hybridized carbons (Fsp3) is 0.182. The predicted octanol–water partition coefficient (Wildman–Crippen LogP) is 2.01. The van der Waals surface area contributed by atoms with Gasteiger partial charge in [0.25, 0.3) is 5.56 Å². The SMILES string of the molecule is Nc1nc(C(F)(F)F)c(Cc2ccc(Cl)nc2)c(=O)[nH]1. The number of nitrogens with two attached hydrogens (primary N) is 1. The van der Waals surface area contributed by atoms with E-state index >= 15 is 0 Å². The normalized spacial score (nSPS) is 11.6. The molecule has 5 nitrogen and oxygen atoms in total. The van der Waals surface area contributed by atoms with Crippen LogP contribution in [0.5, 0.6) is 0 Å². The lowest BCUT2D eigenvalue weighted by Gasteiger charge is -2.11. The first-order chi connectivity index (χ1) is 9.27. The van der Waals surface area contributed by atoms with Crippen LogP contribution in [0.15, 0.2) is 23.1 Å². The molecule has 0 spiro atoms. The molecule has 0 atom stereocenters. The Kier molecular flexibility index (Phi) is 3.67. The van der Waals surface area contributed by atoms with E-state index in [0.29, 0.717) is 5.56 Å². The molecule has 0 aliphatic rings. The molecule has 0 saturated heterocycles. The summed E-state index contributed by atoms with van der Waals surface area (Å²) >= 11 is 5.58. The molecule has 0 saturated carbocycles. The number of anilines is 1. The highest BCUT2D eigenvalue weighted by molar-refractivity contribution is 6.29. The highest BCUT2D eigenvalue weighted by atomic mass is 35.5. The lowest BCUT2D eigenvalue weighted by molar-refractivity contribution is -0.141. The summed E-state index contributed by atoms with van der Waals surface area (Å²) in [5.74, 6) is -0.583. The molecule has 0 fully saturated rings. The van der Waals surface area contributed by atoms with Crippen LogP contribution in [0.1, 0.15) is 16.8 Å². The summed E-state index contributed by atoms with van der Waals surface area (Å²) in [5.41, 5.74) is 2.80. The zero-order valence-electron chi connectivity index (χ0n) is 9.83. The minimum Gasteiger partial charge on any atom is -0.369 e. The third-order valence-electron chi connectivity index (χ3n) is 2.47. The van der Waals surface area contributed by atoms with Gasteiger partial charge < -0.3 is 5.73 Å². The number of rotatable bonds is 2. The number of hydrogen-bond acceptors (Lipinski definition) is 4. The molecule has 2 aromatic heterocycles. The number of nitrogen functional groups attached to an aromatic ring is 1. The minimum absolute atomic E-state index is 0.203. The number of pyridine rings is 1. The maximum absolute atomic E-state index is 12.9. The van der Waals surface area contributed by atoms with Crippen molar-refractivity contribution in [2.75, 3.05) is 5.73 Å². The third kappa shape index (κ3) is 3.08. The van der Waals surface area contributed by atoms with Gasteiger partial charge in [-0.1, -0.05) is 17.7 Å². The van der Waals surface area contributed by atoms with Gasteiger partial charge in [0.2, 0.25) is 5.95 Å². The van der Waals surface area contributed by atoms with Crippen molar-refractivity contribution in [3.8, 4) is 0 Å². The van der Waals surface area contributed by atoms with E-state index in [1.54, 1.807) is 0 Å². The number of alkyl halides is 3. The summed E-state index contributed by atoms with van der Waals surface area (Å²) in [6, 6.07) is 2.90. The second-order valence-electron chi connectivity index (χ2n) is 3.94. The van der Waals surface area contributed by atoms with Crippen molar-refractivity contribution in [3.05, 3.63) is 50.7 Å². The van der Waals surface area contributed by atoms with E-state index in [4.69, 9.17) is 17.3 Å². The molecule has 20 heavy (non-hydrogen) atoms. The van der Waals surface area contributed by atoms with E-state index in [-0.39, 0.29) is 11.6 Å². The Bertz CT molecular complexity index is 682. The molecule has 2 rings (SSSR count). The standard InChI is InChI=1S/C11H8ClF3N4O/c12-7-2-1-5(4-17-7)3-6-8(11(13,14)15)18-10(16)19-9(6)20/h1-2,4H,3H2,(H3,16,18,19,20). The largest absolute Gasteiger partial charge is 0.433 e. The lowest BCUT2D eigenvalue weighted by atomic mass is 10.1. The van der Waals surface area contributed by atoms with E-state index in [2.05, 4.69) is 9.97 Å². The monoisotopic (exact) mass is 304 g/mol. The Labute approximate surface area is 115 Å². The van der Waals surface area contributed by atoms with E-state index in [0.717, 1.165) is 0 Å².